The molecule has 0 aliphatic heterocycles. The van der Waals surface area contributed by atoms with Crippen LogP contribution in [0.1, 0.15) is 33.2 Å². The zero-order chi connectivity index (χ0) is 32.1. The number of anilines is 3. The van der Waals surface area contributed by atoms with Crippen molar-refractivity contribution in [1.82, 2.24) is 0 Å². The number of hydrogen-bond acceptors (Lipinski definition) is 7. The number of hydrogen-bond donors (Lipinski definition) is 4. The molecular formula is C34H28ClN5O5. The van der Waals surface area contributed by atoms with Crippen molar-refractivity contribution in [3.8, 4) is 11.5 Å². The predicted octanol–water partition coefficient (Wildman–Crippen LogP) is 8.39. The lowest BCUT2D eigenvalue weighted by molar-refractivity contribution is -0.114. The Balaban J connectivity index is 1.47. The standard InChI is InChI=1S/C34H28ClN5O5/c1-19-27(35)9-6-10-28(19)38-33(43)22-11-16-30(45-3)29(18-22)39-40-31-25-8-5-4-7-21(25)17-26(32(31)42)34(44)37-24-14-12-23(13-15-24)36-20(2)41/h4-18,42H,1-3H3,(H,36,41)(H,37,44)(H,38,43). The van der Waals surface area contributed by atoms with Crippen LogP contribution in [0.4, 0.5) is 28.4 Å². The van der Waals surface area contributed by atoms with Crippen molar-refractivity contribution in [2.75, 3.05) is 23.1 Å². The van der Waals surface area contributed by atoms with Crippen LogP contribution in [0.2, 0.25) is 5.02 Å². The van der Waals surface area contributed by atoms with E-state index < -0.39 is 11.8 Å². The Kier molecular flexibility index (Phi) is 9.06. The zero-order valence-electron chi connectivity index (χ0n) is 24.5. The van der Waals surface area contributed by atoms with E-state index in [9.17, 15) is 19.5 Å². The highest BCUT2D eigenvalue weighted by Gasteiger charge is 2.19. The summed E-state index contributed by atoms with van der Waals surface area (Å²) in [4.78, 5) is 37.7. The smallest absolute Gasteiger partial charge is 0.259 e. The molecule has 3 amide bonds. The number of benzene rings is 5. The summed E-state index contributed by atoms with van der Waals surface area (Å²) in [7, 11) is 1.46. The van der Waals surface area contributed by atoms with Gasteiger partial charge in [0.1, 0.15) is 17.1 Å². The first-order valence-electron chi connectivity index (χ1n) is 13.7. The van der Waals surface area contributed by atoms with Gasteiger partial charge in [0, 0.05) is 40.0 Å². The molecule has 0 saturated heterocycles. The molecule has 0 radical (unpaired) electrons. The number of ether oxygens (including phenoxy) is 1. The molecule has 0 fully saturated rings. The molecule has 5 aromatic rings. The monoisotopic (exact) mass is 621 g/mol. The number of phenols is 1. The van der Waals surface area contributed by atoms with E-state index in [1.54, 1.807) is 91.9 Å². The number of rotatable bonds is 8. The molecule has 0 aliphatic rings. The largest absolute Gasteiger partial charge is 0.505 e. The number of aromatic hydroxyl groups is 1. The summed E-state index contributed by atoms with van der Waals surface area (Å²) in [5, 5.41) is 29.9. The molecule has 5 aromatic carbocycles. The molecule has 0 heterocycles. The Morgan fingerprint density at radius 3 is 2.22 bits per heavy atom. The summed E-state index contributed by atoms with van der Waals surface area (Å²) < 4.78 is 5.44. The van der Waals surface area contributed by atoms with Gasteiger partial charge < -0.3 is 25.8 Å². The van der Waals surface area contributed by atoms with Crippen molar-refractivity contribution < 1.29 is 24.2 Å². The van der Waals surface area contributed by atoms with Crippen molar-refractivity contribution in [2.45, 2.75) is 13.8 Å². The van der Waals surface area contributed by atoms with Gasteiger partial charge in [0.25, 0.3) is 11.8 Å². The van der Waals surface area contributed by atoms with Crippen molar-refractivity contribution in [3.05, 3.63) is 113 Å². The van der Waals surface area contributed by atoms with Gasteiger partial charge in [-0.2, -0.15) is 0 Å². The first-order chi connectivity index (χ1) is 21.6. The molecule has 226 valence electrons. The molecule has 0 saturated carbocycles. The van der Waals surface area contributed by atoms with Crippen molar-refractivity contribution in [2.24, 2.45) is 10.2 Å². The molecule has 0 bridgehead atoms. The molecule has 0 aromatic heterocycles. The fourth-order valence-corrected chi connectivity index (χ4v) is 4.76. The van der Waals surface area contributed by atoms with Gasteiger partial charge in [-0.05, 0) is 78.5 Å². The highest BCUT2D eigenvalue weighted by molar-refractivity contribution is 6.31. The normalized spacial score (nSPS) is 10.9. The van der Waals surface area contributed by atoms with E-state index in [1.807, 2.05) is 0 Å². The van der Waals surface area contributed by atoms with Crippen LogP contribution in [-0.4, -0.2) is 29.9 Å². The Hall–Kier alpha value is -5.74. The lowest BCUT2D eigenvalue weighted by atomic mass is 10.0. The van der Waals surface area contributed by atoms with Crippen molar-refractivity contribution >= 4 is 68.5 Å². The third kappa shape index (κ3) is 6.92. The zero-order valence-corrected chi connectivity index (χ0v) is 25.3. The van der Waals surface area contributed by atoms with Gasteiger partial charge in [-0.25, -0.2) is 0 Å². The number of halogens is 1. The third-order valence-corrected chi connectivity index (χ3v) is 7.33. The van der Waals surface area contributed by atoms with Gasteiger partial charge in [-0.15, -0.1) is 10.2 Å². The topological polar surface area (TPSA) is 141 Å². The van der Waals surface area contributed by atoms with Crippen LogP contribution in [0.5, 0.6) is 11.5 Å². The van der Waals surface area contributed by atoms with E-state index in [0.717, 1.165) is 5.56 Å². The Morgan fingerprint density at radius 2 is 1.51 bits per heavy atom. The number of amides is 3. The molecule has 0 aliphatic carbocycles. The van der Waals surface area contributed by atoms with Crippen molar-refractivity contribution in [3.63, 3.8) is 0 Å². The van der Waals surface area contributed by atoms with Crippen LogP contribution in [0.25, 0.3) is 10.8 Å². The lowest BCUT2D eigenvalue weighted by Crippen LogP contribution is -2.12. The van der Waals surface area contributed by atoms with E-state index in [4.69, 9.17) is 16.3 Å². The Bertz CT molecular complexity index is 1980. The predicted molar refractivity (Wildman–Crippen MR) is 176 cm³/mol. The SMILES string of the molecule is COc1ccc(C(=O)Nc2cccc(Cl)c2C)cc1N=Nc1c(O)c(C(=O)Nc2ccc(NC(C)=O)cc2)cc2ccccc12. The maximum Gasteiger partial charge on any atom is 0.259 e. The molecule has 10 nitrogen and oxygen atoms in total. The van der Waals surface area contributed by atoms with Gasteiger partial charge in [0.05, 0.1) is 12.7 Å². The number of azo groups is 1. The number of phenolic OH excluding ortho intramolecular Hbond substituents is 1. The summed E-state index contributed by atoms with van der Waals surface area (Å²) >= 11 is 6.20. The second-order valence-corrected chi connectivity index (χ2v) is 10.4. The quantitative estimate of drug-likeness (QED) is 0.129. The summed E-state index contributed by atoms with van der Waals surface area (Å²) in [6.45, 7) is 3.21. The first-order valence-corrected chi connectivity index (χ1v) is 14.1. The van der Waals surface area contributed by atoms with Crippen molar-refractivity contribution in [1.29, 1.82) is 0 Å². The molecule has 4 N–H and O–H groups in total. The molecule has 45 heavy (non-hydrogen) atoms. The van der Waals surface area contributed by atoms with E-state index >= 15 is 0 Å². The molecule has 0 atom stereocenters. The fraction of sp³-hybridized carbons (Fsp3) is 0.0882. The van der Waals surface area contributed by atoms with E-state index in [-0.39, 0.29) is 34.2 Å². The number of carbonyl (C=O) groups is 3. The lowest BCUT2D eigenvalue weighted by Gasteiger charge is -2.12. The van der Waals surface area contributed by atoms with Crippen LogP contribution >= 0.6 is 11.6 Å². The third-order valence-electron chi connectivity index (χ3n) is 6.92. The Morgan fingerprint density at radius 1 is 0.800 bits per heavy atom. The molecule has 0 unspecified atom stereocenters. The van der Waals surface area contributed by atoms with Gasteiger partial charge in [0.15, 0.2) is 5.75 Å². The van der Waals surface area contributed by atoms with E-state index in [2.05, 4.69) is 26.2 Å². The number of methoxy groups -OCH3 is 1. The van der Waals surface area contributed by atoms with Gasteiger partial charge in [0.2, 0.25) is 5.91 Å². The summed E-state index contributed by atoms with van der Waals surface area (Å²) in [6, 6.07) is 25.2. The number of nitrogens with one attached hydrogen (secondary N) is 3. The molecule has 11 heteroatoms. The van der Waals surface area contributed by atoms with Crippen LogP contribution < -0.4 is 20.7 Å². The van der Waals surface area contributed by atoms with E-state index in [1.165, 1.54) is 20.1 Å². The summed E-state index contributed by atoms with van der Waals surface area (Å²) in [5.41, 5.74) is 2.89. The van der Waals surface area contributed by atoms with Gasteiger partial charge in [-0.1, -0.05) is 41.9 Å². The number of fused-ring (bicyclic) bond motifs is 1. The maximum atomic E-state index is 13.3. The van der Waals surface area contributed by atoms with Crippen LogP contribution in [0, 0.1) is 6.92 Å². The molecule has 0 spiro atoms. The minimum atomic E-state index is -0.575. The minimum absolute atomic E-state index is 0.0226. The van der Waals surface area contributed by atoms with Crippen LogP contribution in [0.3, 0.4) is 0 Å². The fourth-order valence-electron chi connectivity index (χ4n) is 4.58. The number of carbonyl (C=O) groups excluding carboxylic acids is 3. The summed E-state index contributed by atoms with van der Waals surface area (Å²) in [6.07, 6.45) is 0. The van der Waals surface area contributed by atoms with Crippen LogP contribution in [-0.2, 0) is 4.79 Å². The average molecular weight is 622 g/mol. The Labute approximate surface area is 263 Å². The van der Waals surface area contributed by atoms with E-state index in [0.29, 0.717) is 38.6 Å². The van der Waals surface area contributed by atoms with Crippen LogP contribution in [0.15, 0.2) is 101 Å². The second-order valence-electron chi connectivity index (χ2n) is 10.0. The first kappa shape index (κ1) is 30.7. The summed E-state index contributed by atoms with van der Waals surface area (Å²) in [5.74, 6) is -1.22. The molecular weight excluding hydrogens is 594 g/mol. The minimum Gasteiger partial charge on any atom is -0.505 e. The molecule has 5 rings (SSSR count). The highest BCUT2D eigenvalue weighted by atomic mass is 35.5. The van der Waals surface area contributed by atoms with Gasteiger partial charge in [-0.3, -0.25) is 14.4 Å². The number of nitrogens with zero attached hydrogens (tertiary/aromatic N) is 2. The highest BCUT2D eigenvalue weighted by Crippen LogP contribution is 2.41. The second kappa shape index (κ2) is 13.3. The van der Waals surface area contributed by atoms with Gasteiger partial charge >= 0.3 is 0 Å². The average Bonchev–Trinajstić information content (AvgIpc) is 3.03. The maximum absolute atomic E-state index is 13.3.